The summed E-state index contributed by atoms with van der Waals surface area (Å²) >= 11 is 0. The molecule has 4 rings (SSSR count). The number of H-pyrrole nitrogens is 1. The highest BCUT2D eigenvalue weighted by atomic mass is 19.4. The van der Waals surface area contributed by atoms with E-state index in [1.165, 1.54) is 18.3 Å². The highest BCUT2D eigenvalue weighted by Gasteiger charge is 2.30. The largest absolute Gasteiger partial charge is 0.494 e. The maximum atomic E-state index is 13.0. The lowest BCUT2D eigenvalue weighted by Gasteiger charge is -2.29. The Bertz CT molecular complexity index is 1020. The monoisotopic (exact) mass is 406 g/mol. The van der Waals surface area contributed by atoms with Crippen LogP contribution in [0.1, 0.15) is 31.2 Å². The number of alkyl halides is 3. The molecule has 2 aromatic heterocycles. The second kappa shape index (κ2) is 7.43. The summed E-state index contributed by atoms with van der Waals surface area (Å²) in [5.74, 6) is 0.323. The number of aromatic nitrogens is 3. The minimum Gasteiger partial charge on any atom is -0.494 e. The smallest absolute Gasteiger partial charge is 0.416 e. The number of rotatable bonds is 4. The number of hydrogen-bond acceptors (Lipinski definition) is 6. The van der Waals surface area contributed by atoms with Gasteiger partial charge in [-0.05, 0) is 31.0 Å². The Morgan fingerprint density at radius 2 is 1.97 bits per heavy atom. The van der Waals surface area contributed by atoms with E-state index in [4.69, 9.17) is 5.73 Å². The van der Waals surface area contributed by atoms with E-state index in [9.17, 15) is 18.3 Å². The second-order valence-electron chi connectivity index (χ2n) is 7.20. The van der Waals surface area contributed by atoms with Crippen LogP contribution in [-0.4, -0.2) is 32.1 Å². The predicted octanol–water partition coefficient (Wildman–Crippen LogP) is 4.11. The predicted molar refractivity (Wildman–Crippen MR) is 104 cm³/mol. The number of halogens is 3. The van der Waals surface area contributed by atoms with Gasteiger partial charge in [0.15, 0.2) is 0 Å². The summed E-state index contributed by atoms with van der Waals surface area (Å²) in [6.07, 6.45) is 0.965. The van der Waals surface area contributed by atoms with Gasteiger partial charge in [-0.2, -0.15) is 18.2 Å². The Hall–Kier alpha value is -3.01. The van der Waals surface area contributed by atoms with E-state index in [0.29, 0.717) is 16.9 Å². The van der Waals surface area contributed by atoms with Gasteiger partial charge in [-0.25, -0.2) is 4.98 Å². The first-order valence-electron chi connectivity index (χ1n) is 9.36. The molecule has 0 aliphatic heterocycles. The van der Waals surface area contributed by atoms with Crippen LogP contribution in [0.2, 0.25) is 0 Å². The summed E-state index contributed by atoms with van der Waals surface area (Å²) in [6.45, 7) is 0. The molecule has 1 fully saturated rings. The van der Waals surface area contributed by atoms with Crippen molar-refractivity contribution >= 4 is 28.4 Å². The quantitative estimate of drug-likeness (QED) is 0.446. The van der Waals surface area contributed by atoms with Crippen LogP contribution < -0.4 is 16.4 Å². The van der Waals surface area contributed by atoms with E-state index in [1.54, 1.807) is 0 Å². The van der Waals surface area contributed by atoms with Gasteiger partial charge in [0.25, 0.3) is 0 Å². The van der Waals surface area contributed by atoms with E-state index < -0.39 is 11.7 Å². The van der Waals surface area contributed by atoms with Gasteiger partial charge in [-0.1, -0.05) is 18.9 Å². The molecule has 2 heterocycles. The third-order valence-electron chi connectivity index (χ3n) is 5.11. The Labute approximate surface area is 164 Å². The van der Waals surface area contributed by atoms with Crippen molar-refractivity contribution in [2.24, 2.45) is 5.73 Å². The van der Waals surface area contributed by atoms with E-state index in [2.05, 4.69) is 25.6 Å². The second-order valence-corrected chi connectivity index (χ2v) is 7.20. The van der Waals surface area contributed by atoms with Crippen LogP contribution in [-0.2, 0) is 6.18 Å². The molecule has 0 spiro atoms. The number of aromatic hydroxyl groups is 1. The molecule has 1 aliphatic rings. The zero-order chi connectivity index (χ0) is 20.6. The lowest BCUT2D eigenvalue weighted by molar-refractivity contribution is -0.137. The molecule has 0 radical (unpaired) electrons. The molecule has 0 saturated heterocycles. The number of aromatic amines is 1. The van der Waals surface area contributed by atoms with Crippen LogP contribution in [0.15, 0.2) is 30.5 Å². The number of anilines is 3. The van der Waals surface area contributed by atoms with Gasteiger partial charge in [0.05, 0.1) is 11.1 Å². The van der Waals surface area contributed by atoms with Crippen LogP contribution in [0.25, 0.3) is 10.9 Å². The molecule has 3 aromatic rings. The average molecular weight is 406 g/mol. The van der Waals surface area contributed by atoms with Crippen molar-refractivity contribution < 1.29 is 18.3 Å². The first-order chi connectivity index (χ1) is 13.8. The molecule has 1 aromatic carbocycles. The van der Waals surface area contributed by atoms with Crippen molar-refractivity contribution in [3.63, 3.8) is 0 Å². The number of hydrogen-bond donors (Lipinski definition) is 5. The van der Waals surface area contributed by atoms with Gasteiger partial charge < -0.3 is 26.5 Å². The maximum Gasteiger partial charge on any atom is 0.416 e. The fourth-order valence-corrected chi connectivity index (χ4v) is 3.59. The number of benzene rings is 1. The Kier molecular flexibility index (Phi) is 4.95. The first kappa shape index (κ1) is 19.3. The Morgan fingerprint density at radius 1 is 1.17 bits per heavy atom. The van der Waals surface area contributed by atoms with E-state index in [-0.39, 0.29) is 29.5 Å². The molecule has 6 N–H and O–H groups in total. The molecule has 2 atom stereocenters. The van der Waals surface area contributed by atoms with E-state index >= 15 is 0 Å². The zero-order valence-corrected chi connectivity index (χ0v) is 15.4. The third kappa shape index (κ3) is 4.07. The highest BCUT2D eigenvalue weighted by molar-refractivity contribution is 5.96. The zero-order valence-electron chi connectivity index (χ0n) is 15.4. The summed E-state index contributed by atoms with van der Waals surface area (Å²) < 4.78 is 39.0. The fourth-order valence-electron chi connectivity index (χ4n) is 3.59. The number of nitrogens with one attached hydrogen (secondary N) is 3. The number of nitrogens with zero attached hydrogens (tertiary/aromatic N) is 2. The summed E-state index contributed by atoms with van der Waals surface area (Å²) in [4.78, 5) is 11.5. The SMILES string of the molecule is NC1CCCCC1Nc1nc(Nc2cccc(C(F)(F)F)c2)c2c(O)[nH]cc2n1. The van der Waals surface area contributed by atoms with Crippen molar-refractivity contribution in [3.05, 3.63) is 36.0 Å². The lowest BCUT2D eigenvalue weighted by atomic mass is 9.91. The maximum absolute atomic E-state index is 13.0. The van der Waals surface area contributed by atoms with E-state index in [0.717, 1.165) is 37.8 Å². The number of fused-ring (bicyclic) bond motifs is 1. The Balaban J connectivity index is 1.68. The minimum absolute atomic E-state index is 0.00939. The van der Waals surface area contributed by atoms with Crippen molar-refractivity contribution in [1.82, 2.24) is 15.0 Å². The van der Waals surface area contributed by atoms with Gasteiger partial charge in [0, 0.05) is 24.0 Å². The van der Waals surface area contributed by atoms with Crippen molar-refractivity contribution in [1.29, 1.82) is 0 Å². The van der Waals surface area contributed by atoms with Crippen LogP contribution in [0.4, 0.5) is 30.6 Å². The fraction of sp³-hybridized carbons (Fsp3) is 0.368. The molecular formula is C19H21F3N6O. The molecular weight excluding hydrogens is 385 g/mol. The van der Waals surface area contributed by atoms with Gasteiger partial charge >= 0.3 is 6.18 Å². The summed E-state index contributed by atoms with van der Waals surface area (Å²) in [5.41, 5.74) is 6.02. The van der Waals surface area contributed by atoms with Gasteiger partial charge in [0.2, 0.25) is 11.8 Å². The molecule has 2 unspecified atom stereocenters. The molecule has 0 bridgehead atoms. The van der Waals surface area contributed by atoms with Crippen molar-refractivity contribution in [2.45, 2.75) is 43.9 Å². The van der Waals surface area contributed by atoms with Crippen molar-refractivity contribution in [2.75, 3.05) is 10.6 Å². The average Bonchev–Trinajstić information content (AvgIpc) is 3.04. The van der Waals surface area contributed by atoms with Gasteiger partial charge in [0.1, 0.15) is 11.2 Å². The molecule has 29 heavy (non-hydrogen) atoms. The molecule has 7 nitrogen and oxygen atoms in total. The van der Waals surface area contributed by atoms with Crippen LogP contribution >= 0.6 is 0 Å². The summed E-state index contributed by atoms with van der Waals surface area (Å²) in [5, 5.41) is 16.5. The lowest BCUT2D eigenvalue weighted by Crippen LogP contribution is -2.42. The van der Waals surface area contributed by atoms with Gasteiger partial charge in [-0.15, -0.1) is 0 Å². The summed E-state index contributed by atoms with van der Waals surface area (Å²) in [6, 6.07) is 4.77. The molecule has 154 valence electrons. The number of nitrogens with two attached hydrogens (primary N) is 1. The van der Waals surface area contributed by atoms with Crippen LogP contribution in [0.5, 0.6) is 5.88 Å². The summed E-state index contributed by atoms with van der Waals surface area (Å²) in [7, 11) is 0. The van der Waals surface area contributed by atoms with E-state index in [1.807, 2.05) is 0 Å². The first-order valence-corrected chi connectivity index (χ1v) is 9.36. The standard InChI is InChI=1S/C19H21F3N6O/c20-19(21,22)10-4-3-5-11(8-10)25-16-15-14(9-24-17(15)29)27-18(28-16)26-13-7-2-1-6-12(13)23/h3-5,8-9,12-13,24,29H,1-2,6-7,23H2,(H2,25,26,27,28). The van der Waals surface area contributed by atoms with Gasteiger partial charge in [-0.3, -0.25) is 0 Å². The Morgan fingerprint density at radius 3 is 2.72 bits per heavy atom. The molecule has 10 heteroatoms. The topological polar surface area (TPSA) is 112 Å². The highest BCUT2D eigenvalue weighted by Crippen LogP contribution is 2.34. The van der Waals surface area contributed by atoms with Crippen molar-refractivity contribution in [3.8, 4) is 5.88 Å². The normalized spacial score (nSPS) is 20.0. The molecule has 1 saturated carbocycles. The molecule has 0 amide bonds. The minimum atomic E-state index is -4.46. The van der Waals surface area contributed by atoms with Crippen LogP contribution in [0.3, 0.4) is 0 Å². The van der Waals surface area contributed by atoms with Crippen LogP contribution in [0, 0.1) is 0 Å². The third-order valence-corrected chi connectivity index (χ3v) is 5.11. The molecule has 1 aliphatic carbocycles.